The first kappa shape index (κ1) is 25.2. The van der Waals surface area contributed by atoms with Gasteiger partial charge in [-0.15, -0.1) is 0 Å². The predicted octanol–water partition coefficient (Wildman–Crippen LogP) is 6.92. The fraction of sp³-hybridized carbons (Fsp3) is 0.185. The predicted molar refractivity (Wildman–Crippen MR) is 137 cm³/mol. The van der Waals surface area contributed by atoms with Crippen LogP contribution in [-0.4, -0.2) is 19.1 Å². The molecule has 0 fully saturated rings. The van der Waals surface area contributed by atoms with Gasteiger partial charge in [0.15, 0.2) is 0 Å². The first-order valence-corrected chi connectivity index (χ1v) is 11.3. The number of aryl methyl sites for hydroxylation is 3. The molecule has 0 atom stereocenters. The largest absolute Gasteiger partial charge is 0.490 e. The fourth-order valence-electron chi connectivity index (χ4n) is 3.38. The van der Waals surface area contributed by atoms with E-state index < -0.39 is 5.91 Å². The number of nitriles is 1. The van der Waals surface area contributed by atoms with Crippen molar-refractivity contribution in [2.24, 2.45) is 0 Å². The average molecular weight is 495 g/mol. The summed E-state index contributed by atoms with van der Waals surface area (Å²) in [4.78, 5) is 12.7. The second-order valence-electron chi connectivity index (χ2n) is 7.82. The number of hydrogen-bond donors (Lipinski definition) is 1. The van der Waals surface area contributed by atoms with E-state index in [1.54, 1.807) is 18.2 Å². The van der Waals surface area contributed by atoms with E-state index in [-0.39, 0.29) is 23.8 Å². The third kappa shape index (κ3) is 7.02. The molecule has 0 heterocycles. The van der Waals surface area contributed by atoms with Gasteiger partial charge in [-0.2, -0.15) is 5.26 Å². The quantitative estimate of drug-likeness (QED) is 0.209. The van der Waals surface area contributed by atoms with Crippen LogP contribution in [0.2, 0.25) is 10.0 Å². The first-order chi connectivity index (χ1) is 16.2. The van der Waals surface area contributed by atoms with Gasteiger partial charge in [-0.3, -0.25) is 4.79 Å². The van der Waals surface area contributed by atoms with Crippen LogP contribution in [0.15, 0.2) is 60.2 Å². The molecule has 0 spiro atoms. The van der Waals surface area contributed by atoms with Gasteiger partial charge in [0.1, 0.15) is 36.4 Å². The standard InChI is InChI=1S/C27H24Cl2N2O3/c1-17-5-4-6-23(10-17)31-27(32)21(16-30)13-20-14-22(28)15-25(29)26(20)34-8-7-33-24-11-18(2)9-19(3)12-24/h4-6,9-15H,7-8H2,1-3H3,(H,31,32). The first-order valence-electron chi connectivity index (χ1n) is 10.6. The topological polar surface area (TPSA) is 71.4 Å². The lowest BCUT2D eigenvalue weighted by Crippen LogP contribution is -2.14. The monoisotopic (exact) mass is 494 g/mol. The van der Waals surface area contributed by atoms with Gasteiger partial charge in [0.05, 0.1) is 5.02 Å². The lowest BCUT2D eigenvalue weighted by atomic mass is 10.1. The Bertz CT molecular complexity index is 1260. The number of ether oxygens (including phenoxy) is 2. The molecule has 0 aliphatic carbocycles. The summed E-state index contributed by atoms with van der Waals surface area (Å²) in [5.41, 5.74) is 4.10. The molecule has 0 saturated carbocycles. The maximum atomic E-state index is 12.7. The average Bonchev–Trinajstić information content (AvgIpc) is 2.75. The van der Waals surface area contributed by atoms with E-state index in [2.05, 4.69) is 11.4 Å². The van der Waals surface area contributed by atoms with Crippen molar-refractivity contribution in [1.82, 2.24) is 0 Å². The van der Waals surface area contributed by atoms with Crippen molar-refractivity contribution in [3.8, 4) is 17.6 Å². The van der Waals surface area contributed by atoms with Crippen LogP contribution in [0.3, 0.4) is 0 Å². The third-order valence-electron chi connectivity index (χ3n) is 4.77. The lowest BCUT2D eigenvalue weighted by Gasteiger charge is -2.13. The van der Waals surface area contributed by atoms with Crippen molar-refractivity contribution in [3.63, 3.8) is 0 Å². The molecule has 7 heteroatoms. The molecule has 0 saturated heterocycles. The van der Waals surface area contributed by atoms with Gasteiger partial charge in [0.2, 0.25) is 0 Å². The second kappa shape index (κ2) is 11.6. The molecule has 0 radical (unpaired) electrons. The van der Waals surface area contributed by atoms with E-state index in [1.165, 1.54) is 6.08 Å². The summed E-state index contributed by atoms with van der Waals surface area (Å²) in [6.45, 7) is 6.41. The molecule has 1 N–H and O–H groups in total. The van der Waals surface area contributed by atoms with E-state index in [4.69, 9.17) is 32.7 Å². The van der Waals surface area contributed by atoms with E-state index in [9.17, 15) is 10.1 Å². The van der Waals surface area contributed by atoms with Crippen LogP contribution in [-0.2, 0) is 4.79 Å². The summed E-state index contributed by atoms with van der Waals surface area (Å²) in [6.07, 6.45) is 1.41. The van der Waals surface area contributed by atoms with Gasteiger partial charge in [0, 0.05) is 16.3 Å². The Morgan fingerprint density at radius 2 is 1.68 bits per heavy atom. The van der Waals surface area contributed by atoms with Gasteiger partial charge < -0.3 is 14.8 Å². The van der Waals surface area contributed by atoms with Crippen LogP contribution in [0.25, 0.3) is 6.08 Å². The molecule has 1 amide bonds. The molecule has 0 unspecified atom stereocenters. The minimum atomic E-state index is -0.548. The summed E-state index contributed by atoms with van der Waals surface area (Å²) < 4.78 is 11.6. The van der Waals surface area contributed by atoms with Crippen molar-refractivity contribution in [2.45, 2.75) is 20.8 Å². The molecule has 34 heavy (non-hydrogen) atoms. The normalized spacial score (nSPS) is 11.0. The van der Waals surface area contributed by atoms with Crippen LogP contribution in [0.5, 0.6) is 11.5 Å². The Kier molecular flexibility index (Phi) is 8.59. The zero-order valence-electron chi connectivity index (χ0n) is 19.1. The third-order valence-corrected chi connectivity index (χ3v) is 5.27. The Morgan fingerprint density at radius 3 is 2.35 bits per heavy atom. The van der Waals surface area contributed by atoms with Crippen molar-refractivity contribution >= 4 is 40.9 Å². The maximum Gasteiger partial charge on any atom is 0.266 e. The Labute approximate surface area is 209 Å². The molecule has 3 aromatic carbocycles. The van der Waals surface area contributed by atoms with Crippen LogP contribution in [0.1, 0.15) is 22.3 Å². The maximum absolute atomic E-state index is 12.7. The van der Waals surface area contributed by atoms with Crippen molar-refractivity contribution in [3.05, 3.63) is 92.5 Å². The summed E-state index contributed by atoms with van der Waals surface area (Å²) in [6, 6.07) is 18.3. The molecular formula is C27H24Cl2N2O3. The molecule has 174 valence electrons. The highest BCUT2D eigenvalue weighted by molar-refractivity contribution is 6.36. The molecule has 0 aliphatic rings. The molecule has 0 aromatic heterocycles. The number of anilines is 1. The number of nitrogens with one attached hydrogen (secondary N) is 1. The fourth-order valence-corrected chi connectivity index (χ4v) is 3.95. The molecule has 3 rings (SSSR count). The zero-order chi connectivity index (χ0) is 24.7. The summed E-state index contributed by atoms with van der Waals surface area (Å²) in [7, 11) is 0. The van der Waals surface area contributed by atoms with Gasteiger partial charge >= 0.3 is 0 Å². The van der Waals surface area contributed by atoms with Crippen LogP contribution in [0.4, 0.5) is 5.69 Å². The van der Waals surface area contributed by atoms with Crippen LogP contribution < -0.4 is 14.8 Å². The van der Waals surface area contributed by atoms with Gasteiger partial charge in [0.25, 0.3) is 5.91 Å². The van der Waals surface area contributed by atoms with E-state index >= 15 is 0 Å². The number of hydrogen-bond acceptors (Lipinski definition) is 4. The van der Waals surface area contributed by atoms with Gasteiger partial charge in [-0.25, -0.2) is 0 Å². The van der Waals surface area contributed by atoms with Gasteiger partial charge in [-0.1, -0.05) is 41.4 Å². The summed E-state index contributed by atoms with van der Waals surface area (Å²) in [5, 5.41) is 12.9. The molecular weight excluding hydrogens is 471 g/mol. The number of amides is 1. The van der Waals surface area contributed by atoms with E-state index in [0.717, 1.165) is 22.4 Å². The number of halogens is 2. The highest BCUT2D eigenvalue weighted by atomic mass is 35.5. The van der Waals surface area contributed by atoms with Gasteiger partial charge in [-0.05, 0) is 79.9 Å². The smallest absolute Gasteiger partial charge is 0.266 e. The molecule has 0 bridgehead atoms. The van der Waals surface area contributed by atoms with E-state index in [0.29, 0.717) is 22.0 Å². The SMILES string of the molecule is Cc1cccc(NC(=O)C(C#N)=Cc2cc(Cl)cc(Cl)c2OCCOc2cc(C)cc(C)c2)c1. The number of carbonyl (C=O) groups is 1. The van der Waals surface area contributed by atoms with Crippen molar-refractivity contribution in [2.75, 3.05) is 18.5 Å². The summed E-state index contributed by atoms with van der Waals surface area (Å²) in [5.74, 6) is 0.516. The molecule has 3 aromatic rings. The Balaban J connectivity index is 1.76. The van der Waals surface area contributed by atoms with Crippen LogP contribution >= 0.6 is 23.2 Å². The highest BCUT2D eigenvalue weighted by Crippen LogP contribution is 2.34. The summed E-state index contributed by atoms with van der Waals surface area (Å²) >= 11 is 12.5. The molecule has 5 nitrogen and oxygen atoms in total. The van der Waals surface area contributed by atoms with Crippen molar-refractivity contribution in [1.29, 1.82) is 5.26 Å². The van der Waals surface area contributed by atoms with E-state index in [1.807, 2.05) is 57.2 Å². The number of benzene rings is 3. The number of nitrogens with zero attached hydrogens (tertiary/aromatic N) is 1. The zero-order valence-corrected chi connectivity index (χ0v) is 20.6. The minimum absolute atomic E-state index is 0.115. The molecule has 0 aliphatic heterocycles. The Hall–Kier alpha value is -3.46. The Morgan fingerprint density at radius 1 is 0.971 bits per heavy atom. The second-order valence-corrected chi connectivity index (χ2v) is 8.66. The minimum Gasteiger partial charge on any atom is -0.490 e. The van der Waals surface area contributed by atoms with Crippen LogP contribution in [0, 0.1) is 32.1 Å². The number of rotatable bonds is 8. The highest BCUT2D eigenvalue weighted by Gasteiger charge is 2.15. The lowest BCUT2D eigenvalue weighted by molar-refractivity contribution is -0.112. The van der Waals surface area contributed by atoms with Crippen molar-refractivity contribution < 1.29 is 14.3 Å². The number of carbonyl (C=O) groups excluding carboxylic acids is 1.